The Bertz CT molecular complexity index is 526. The van der Waals surface area contributed by atoms with Crippen LogP contribution >= 0.6 is 0 Å². The molecule has 0 saturated carbocycles. The molecule has 0 aliphatic rings. The molecule has 88 valence electrons. The Morgan fingerprint density at radius 1 is 1.12 bits per heavy atom. The molecule has 0 atom stereocenters. The second-order valence-electron chi connectivity index (χ2n) is 4.38. The maximum Gasteiger partial charge on any atom is 0.0165 e. The van der Waals surface area contributed by atoms with Gasteiger partial charge in [-0.05, 0) is 35.9 Å². The SMILES string of the molecule is CCNCC(C)=Cc1ccc2ccccc2c1. The number of fused-ring (bicyclic) bond motifs is 1. The fourth-order valence-electron chi connectivity index (χ4n) is 1.96. The normalized spacial score (nSPS) is 12.0. The van der Waals surface area contributed by atoms with Crippen LogP contribution in [-0.4, -0.2) is 13.1 Å². The van der Waals surface area contributed by atoms with Gasteiger partial charge in [-0.3, -0.25) is 0 Å². The van der Waals surface area contributed by atoms with Gasteiger partial charge in [0.05, 0.1) is 0 Å². The Morgan fingerprint density at radius 3 is 2.65 bits per heavy atom. The summed E-state index contributed by atoms with van der Waals surface area (Å²) in [5.74, 6) is 0. The van der Waals surface area contributed by atoms with Crippen LogP contribution < -0.4 is 5.32 Å². The van der Waals surface area contributed by atoms with Crippen LogP contribution in [0.25, 0.3) is 16.8 Å². The lowest BCUT2D eigenvalue weighted by Crippen LogP contribution is -2.14. The molecule has 0 bridgehead atoms. The second-order valence-corrected chi connectivity index (χ2v) is 4.38. The van der Waals surface area contributed by atoms with Crippen molar-refractivity contribution in [3.05, 3.63) is 53.6 Å². The van der Waals surface area contributed by atoms with Crippen LogP contribution in [0, 0.1) is 0 Å². The zero-order chi connectivity index (χ0) is 12.1. The number of hydrogen-bond acceptors (Lipinski definition) is 1. The Hall–Kier alpha value is -1.60. The molecule has 2 rings (SSSR count). The molecule has 1 N–H and O–H groups in total. The molecule has 0 aromatic heterocycles. The number of hydrogen-bond donors (Lipinski definition) is 1. The number of likely N-dealkylation sites (N-methyl/N-ethyl adjacent to an activating group) is 1. The molecule has 0 spiro atoms. The summed E-state index contributed by atoms with van der Waals surface area (Å²) < 4.78 is 0. The van der Waals surface area contributed by atoms with Gasteiger partial charge in [0.25, 0.3) is 0 Å². The third-order valence-corrected chi connectivity index (χ3v) is 2.84. The first-order valence-electron chi connectivity index (χ1n) is 6.16. The van der Waals surface area contributed by atoms with Crippen molar-refractivity contribution in [3.63, 3.8) is 0 Å². The highest BCUT2D eigenvalue weighted by Gasteiger charge is 1.94. The van der Waals surface area contributed by atoms with Crippen molar-refractivity contribution in [1.82, 2.24) is 5.32 Å². The molecule has 0 aliphatic heterocycles. The van der Waals surface area contributed by atoms with Gasteiger partial charge < -0.3 is 5.32 Å². The van der Waals surface area contributed by atoms with E-state index in [0.717, 1.165) is 13.1 Å². The maximum absolute atomic E-state index is 3.34. The van der Waals surface area contributed by atoms with Crippen LogP contribution in [-0.2, 0) is 0 Å². The van der Waals surface area contributed by atoms with Gasteiger partial charge in [-0.1, -0.05) is 55.0 Å². The van der Waals surface area contributed by atoms with Gasteiger partial charge >= 0.3 is 0 Å². The maximum atomic E-state index is 3.34. The van der Waals surface area contributed by atoms with Gasteiger partial charge in [-0.2, -0.15) is 0 Å². The van der Waals surface area contributed by atoms with Crippen molar-refractivity contribution < 1.29 is 0 Å². The molecular formula is C16H19N. The van der Waals surface area contributed by atoms with E-state index in [2.05, 4.69) is 67.7 Å². The summed E-state index contributed by atoms with van der Waals surface area (Å²) >= 11 is 0. The van der Waals surface area contributed by atoms with E-state index in [1.54, 1.807) is 0 Å². The Balaban J connectivity index is 2.24. The van der Waals surface area contributed by atoms with Gasteiger partial charge in [-0.15, -0.1) is 0 Å². The van der Waals surface area contributed by atoms with E-state index in [4.69, 9.17) is 0 Å². The monoisotopic (exact) mass is 225 g/mol. The summed E-state index contributed by atoms with van der Waals surface area (Å²) in [5, 5.41) is 5.94. The van der Waals surface area contributed by atoms with E-state index in [9.17, 15) is 0 Å². The van der Waals surface area contributed by atoms with Crippen LogP contribution in [0.1, 0.15) is 19.4 Å². The lowest BCUT2D eigenvalue weighted by molar-refractivity contribution is 0.779. The van der Waals surface area contributed by atoms with Crippen molar-refractivity contribution in [2.45, 2.75) is 13.8 Å². The van der Waals surface area contributed by atoms with Crippen LogP contribution in [0.5, 0.6) is 0 Å². The second kappa shape index (κ2) is 5.65. The van der Waals surface area contributed by atoms with Crippen LogP contribution in [0.15, 0.2) is 48.0 Å². The molecule has 0 aliphatic carbocycles. The predicted octanol–water partition coefficient (Wildman–Crippen LogP) is 3.85. The smallest absolute Gasteiger partial charge is 0.0165 e. The van der Waals surface area contributed by atoms with E-state index in [1.165, 1.54) is 21.9 Å². The first-order valence-corrected chi connectivity index (χ1v) is 6.16. The minimum Gasteiger partial charge on any atom is -0.313 e. The Labute approximate surface area is 103 Å². The quantitative estimate of drug-likeness (QED) is 0.833. The lowest BCUT2D eigenvalue weighted by atomic mass is 10.1. The first-order chi connectivity index (χ1) is 8.29. The van der Waals surface area contributed by atoms with Gasteiger partial charge in [0.1, 0.15) is 0 Å². The van der Waals surface area contributed by atoms with Gasteiger partial charge in [0.15, 0.2) is 0 Å². The van der Waals surface area contributed by atoms with Gasteiger partial charge in [0.2, 0.25) is 0 Å². The van der Waals surface area contributed by atoms with E-state index < -0.39 is 0 Å². The van der Waals surface area contributed by atoms with Crippen molar-refractivity contribution in [1.29, 1.82) is 0 Å². The molecule has 0 unspecified atom stereocenters. The highest BCUT2D eigenvalue weighted by Crippen LogP contribution is 2.17. The van der Waals surface area contributed by atoms with Gasteiger partial charge in [0, 0.05) is 6.54 Å². The molecule has 0 fully saturated rings. The fraction of sp³-hybridized carbons (Fsp3) is 0.250. The molecular weight excluding hydrogens is 206 g/mol. The standard InChI is InChI=1S/C16H19N/c1-3-17-12-13(2)10-14-8-9-15-6-4-5-7-16(15)11-14/h4-11,17H,3,12H2,1-2H3. The molecule has 2 aromatic rings. The Kier molecular flexibility index (Phi) is 3.94. The lowest BCUT2D eigenvalue weighted by Gasteiger charge is -2.03. The molecule has 0 saturated heterocycles. The van der Waals surface area contributed by atoms with E-state index >= 15 is 0 Å². The highest BCUT2D eigenvalue weighted by molar-refractivity contribution is 5.84. The first kappa shape index (κ1) is 11.9. The van der Waals surface area contributed by atoms with Crippen LogP contribution in [0.3, 0.4) is 0 Å². The van der Waals surface area contributed by atoms with Crippen LogP contribution in [0.4, 0.5) is 0 Å². The third-order valence-electron chi connectivity index (χ3n) is 2.84. The summed E-state index contributed by atoms with van der Waals surface area (Å²) in [4.78, 5) is 0. The zero-order valence-electron chi connectivity index (χ0n) is 10.5. The highest BCUT2D eigenvalue weighted by atomic mass is 14.8. The van der Waals surface area contributed by atoms with E-state index in [1.807, 2.05) is 0 Å². The van der Waals surface area contributed by atoms with Crippen molar-refractivity contribution in [2.24, 2.45) is 0 Å². The number of benzene rings is 2. The largest absolute Gasteiger partial charge is 0.313 e. The predicted molar refractivity (Wildman–Crippen MR) is 76.1 cm³/mol. The van der Waals surface area contributed by atoms with Crippen molar-refractivity contribution in [2.75, 3.05) is 13.1 Å². The van der Waals surface area contributed by atoms with Crippen molar-refractivity contribution >= 4 is 16.8 Å². The fourth-order valence-corrected chi connectivity index (χ4v) is 1.96. The van der Waals surface area contributed by atoms with Crippen molar-refractivity contribution in [3.8, 4) is 0 Å². The zero-order valence-corrected chi connectivity index (χ0v) is 10.5. The molecule has 17 heavy (non-hydrogen) atoms. The summed E-state index contributed by atoms with van der Waals surface area (Å²) in [7, 11) is 0. The summed E-state index contributed by atoms with van der Waals surface area (Å²) in [6.45, 7) is 6.27. The minimum atomic E-state index is 0.962. The topological polar surface area (TPSA) is 12.0 Å². The summed E-state index contributed by atoms with van der Waals surface area (Å²) in [6.07, 6.45) is 2.25. The summed E-state index contributed by atoms with van der Waals surface area (Å²) in [5.41, 5.74) is 2.64. The average molecular weight is 225 g/mol. The third kappa shape index (κ3) is 3.18. The molecule has 1 nitrogen and oxygen atoms in total. The molecule has 0 radical (unpaired) electrons. The molecule has 0 amide bonds. The molecule has 2 aromatic carbocycles. The molecule has 1 heteroatoms. The Morgan fingerprint density at radius 2 is 1.88 bits per heavy atom. The van der Waals surface area contributed by atoms with E-state index in [0.29, 0.717) is 0 Å². The van der Waals surface area contributed by atoms with Gasteiger partial charge in [-0.25, -0.2) is 0 Å². The van der Waals surface area contributed by atoms with E-state index in [-0.39, 0.29) is 0 Å². The van der Waals surface area contributed by atoms with Crippen LogP contribution in [0.2, 0.25) is 0 Å². The average Bonchev–Trinajstić information content (AvgIpc) is 2.36. The number of nitrogens with one attached hydrogen (secondary N) is 1. The number of rotatable bonds is 4. The summed E-state index contributed by atoms with van der Waals surface area (Å²) in [6, 6.07) is 15.1. The molecule has 0 heterocycles. The minimum absolute atomic E-state index is 0.962.